The van der Waals surface area contributed by atoms with Crippen molar-refractivity contribution in [1.82, 2.24) is 0 Å². The zero-order valence-electron chi connectivity index (χ0n) is 13.4. The van der Waals surface area contributed by atoms with Gasteiger partial charge in [0.15, 0.2) is 0 Å². The summed E-state index contributed by atoms with van der Waals surface area (Å²) in [5.74, 6) is -1.59. The summed E-state index contributed by atoms with van der Waals surface area (Å²) in [7, 11) is 0. The molecule has 0 bridgehead atoms. The van der Waals surface area contributed by atoms with E-state index in [1.807, 2.05) is 12.1 Å². The minimum atomic E-state index is -0.724. The van der Waals surface area contributed by atoms with Gasteiger partial charge in [-0.05, 0) is 42.5 Å². The number of halogens is 3. The fourth-order valence-corrected chi connectivity index (χ4v) is 3.21. The minimum Gasteiger partial charge on any atom is -0.359 e. The van der Waals surface area contributed by atoms with Crippen LogP contribution >= 0.6 is 11.6 Å². The first-order valence-corrected chi connectivity index (χ1v) is 8.32. The van der Waals surface area contributed by atoms with Crippen molar-refractivity contribution in [3.05, 3.63) is 94.5 Å². The zero-order valence-corrected chi connectivity index (χ0v) is 14.2. The lowest BCUT2D eigenvalue weighted by Crippen LogP contribution is -2.32. The molecule has 1 amide bonds. The van der Waals surface area contributed by atoms with E-state index in [4.69, 9.17) is 11.6 Å². The van der Waals surface area contributed by atoms with Crippen LogP contribution in [0.2, 0.25) is 5.02 Å². The molecule has 3 aromatic rings. The standard InChI is InChI=1S/C20H13ClF2N2O/c21-12-5-8-14(9-6-12)25-19(15-3-1-2-4-16(15)20(25)26)24-18-10-7-13(22)11-17(18)23/h1-11,19,24H. The predicted molar refractivity (Wildman–Crippen MR) is 97.4 cm³/mol. The summed E-state index contributed by atoms with van der Waals surface area (Å²) in [5, 5.41) is 3.56. The van der Waals surface area contributed by atoms with Crippen LogP contribution in [-0.4, -0.2) is 5.91 Å². The molecule has 1 aliphatic rings. The van der Waals surface area contributed by atoms with E-state index in [1.54, 1.807) is 36.4 Å². The molecule has 1 unspecified atom stereocenters. The maximum atomic E-state index is 14.1. The number of hydrogen-bond acceptors (Lipinski definition) is 2. The number of nitrogens with zero attached hydrogens (tertiary/aromatic N) is 1. The molecule has 0 saturated carbocycles. The maximum absolute atomic E-state index is 14.1. The number of nitrogens with one attached hydrogen (secondary N) is 1. The monoisotopic (exact) mass is 370 g/mol. The molecule has 3 nitrogen and oxygen atoms in total. The van der Waals surface area contributed by atoms with Crippen molar-refractivity contribution >= 4 is 28.9 Å². The van der Waals surface area contributed by atoms with Crippen molar-refractivity contribution in [1.29, 1.82) is 0 Å². The lowest BCUT2D eigenvalue weighted by molar-refractivity contribution is 0.0993. The van der Waals surface area contributed by atoms with E-state index in [1.165, 1.54) is 17.0 Å². The highest BCUT2D eigenvalue weighted by atomic mass is 35.5. The Kier molecular flexibility index (Phi) is 4.09. The number of carbonyl (C=O) groups excluding carboxylic acids is 1. The molecule has 6 heteroatoms. The molecule has 0 fully saturated rings. The number of benzene rings is 3. The van der Waals surface area contributed by atoms with E-state index < -0.39 is 17.8 Å². The van der Waals surface area contributed by atoms with E-state index >= 15 is 0 Å². The third-order valence-electron chi connectivity index (χ3n) is 4.29. The Morgan fingerprint density at radius 1 is 0.962 bits per heavy atom. The van der Waals surface area contributed by atoms with E-state index in [0.717, 1.165) is 11.6 Å². The van der Waals surface area contributed by atoms with Gasteiger partial charge in [0.05, 0.1) is 5.69 Å². The van der Waals surface area contributed by atoms with Crippen LogP contribution in [0.5, 0.6) is 0 Å². The Morgan fingerprint density at radius 3 is 2.42 bits per heavy atom. The smallest absolute Gasteiger partial charge is 0.260 e. The molecule has 0 aromatic heterocycles. The van der Waals surface area contributed by atoms with Gasteiger partial charge in [-0.1, -0.05) is 29.8 Å². The topological polar surface area (TPSA) is 32.3 Å². The summed E-state index contributed by atoms with van der Waals surface area (Å²) in [5.41, 5.74) is 1.98. The third-order valence-corrected chi connectivity index (χ3v) is 4.54. The van der Waals surface area contributed by atoms with Gasteiger partial charge in [-0.25, -0.2) is 8.78 Å². The zero-order chi connectivity index (χ0) is 18.3. The first kappa shape index (κ1) is 16.5. The molecular formula is C20H13ClF2N2O. The first-order chi connectivity index (χ1) is 12.5. The second kappa shape index (κ2) is 6.42. The van der Waals surface area contributed by atoms with Gasteiger partial charge >= 0.3 is 0 Å². The van der Waals surface area contributed by atoms with Crippen molar-refractivity contribution < 1.29 is 13.6 Å². The second-order valence-electron chi connectivity index (χ2n) is 5.91. The molecule has 130 valence electrons. The Morgan fingerprint density at radius 2 is 1.69 bits per heavy atom. The van der Waals surface area contributed by atoms with Crippen molar-refractivity contribution in [2.45, 2.75) is 6.17 Å². The van der Waals surface area contributed by atoms with Crippen LogP contribution in [0.15, 0.2) is 66.7 Å². The van der Waals surface area contributed by atoms with Gasteiger partial charge < -0.3 is 5.32 Å². The quantitative estimate of drug-likeness (QED) is 0.670. The summed E-state index contributed by atoms with van der Waals surface area (Å²) < 4.78 is 27.3. The van der Waals surface area contributed by atoms with Crippen LogP contribution in [-0.2, 0) is 0 Å². The molecule has 0 radical (unpaired) electrons. The number of hydrogen-bond donors (Lipinski definition) is 1. The molecular weight excluding hydrogens is 358 g/mol. The van der Waals surface area contributed by atoms with Gasteiger partial charge in [-0.2, -0.15) is 0 Å². The van der Waals surface area contributed by atoms with Crippen molar-refractivity contribution in [2.24, 2.45) is 0 Å². The van der Waals surface area contributed by atoms with E-state index in [9.17, 15) is 13.6 Å². The van der Waals surface area contributed by atoms with Gasteiger partial charge in [0.1, 0.15) is 17.8 Å². The average Bonchev–Trinajstić information content (AvgIpc) is 2.91. The first-order valence-electron chi connectivity index (χ1n) is 7.94. The Hall–Kier alpha value is -2.92. The van der Waals surface area contributed by atoms with E-state index in [-0.39, 0.29) is 11.6 Å². The van der Waals surface area contributed by atoms with E-state index in [2.05, 4.69) is 5.32 Å². The van der Waals surface area contributed by atoms with Crippen molar-refractivity contribution in [2.75, 3.05) is 10.2 Å². The molecule has 4 rings (SSSR count). The molecule has 1 aliphatic heterocycles. The summed E-state index contributed by atoms with van der Waals surface area (Å²) in [6, 6.07) is 17.2. The molecule has 1 heterocycles. The number of carbonyl (C=O) groups is 1. The van der Waals surface area contributed by atoms with Gasteiger partial charge in [-0.3, -0.25) is 9.69 Å². The van der Waals surface area contributed by atoms with Gasteiger partial charge in [0.2, 0.25) is 0 Å². The summed E-state index contributed by atoms with van der Waals surface area (Å²) >= 11 is 5.94. The molecule has 0 saturated heterocycles. The normalized spacial score (nSPS) is 15.9. The van der Waals surface area contributed by atoms with Crippen LogP contribution in [0.25, 0.3) is 0 Å². The van der Waals surface area contributed by atoms with Crippen molar-refractivity contribution in [3.8, 4) is 0 Å². The van der Waals surface area contributed by atoms with Crippen LogP contribution in [0.1, 0.15) is 22.1 Å². The van der Waals surface area contributed by atoms with Gasteiger partial charge in [0, 0.05) is 27.9 Å². The molecule has 1 atom stereocenters. The number of rotatable bonds is 3. The predicted octanol–water partition coefficient (Wildman–Crippen LogP) is 5.39. The third kappa shape index (κ3) is 2.80. The molecule has 1 N–H and O–H groups in total. The SMILES string of the molecule is O=C1c2ccccc2C(Nc2ccc(F)cc2F)N1c1ccc(Cl)cc1. The largest absolute Gasteiger partial charge is 0.359 e. The van der Waals surface area contributed by atoms with Crippen LogP contribution < -0.4 is 10.2 Å². The number of anilines is 2. The molecule has 0 aliphatic carbocycles. The van der Waals surface area contributed by atoms with Crippen LogP contribution in [0.3, 0.4) is 0 Å². The highest BCUT2D eigenvalue weighted by Crippen LogP contribution is 2.38. The molecule has 0 spiro atoms. The highest BCUT2D eigenvalue weighted by Gasteiger charge is 2.37. The molecule has 26 heavy (non-hydrogen) atoms. The van der Waals surface area contributed by atoms with Crippen LogP contribution in [0, 0.1) is 11.6 Å². The number of amides is 1. The average molecular weight is 371 g/mol. The summed E-state index contributed by atoms with van der Waals surface area (Å²) in [6.45, 7) is 0. The number of fused-ring (bicyclic) bond motifs is 1. The Balaban J connectivity index is 1.79. The van der Waals surface area contributed by atoms with Crippen molar-refractivity contribution in [3.63, 3.8) is 0 Å². The van der Waals surface area contributed by atoms with Gasteiger partial charge in [-0.15, -0.1) is 0 Å². The fourth-order valence-electron chi connectivity index (χ4n) is 3.08. The lowest BCUT2D eigenvalue weighted by Gasteiger charge is -2.27. The van der Waals surface area contributed by atoms with Gasteiger partial charge in [0.25, 0.3) is 5.91 Å². The van der Waals surface area contributed by atoms with Crippen LogP contribution in [0.4, 0.5) is 20.2 Å². The highest BCUT2D eigenvalue weighted by molar-refractivity contribution is 6.30. The Bertz CT molecular complexity index is 991. The lowest BCUT2D eigenvalue weighted by atomic mass is 10.1. The minimum absolute atomic E-state index is 0.111. The molecule has 3 aromatic carbocycles. The fraction of sp³-hybridized carbons (Fsp3) is 0.0500. The van der Waals surface area contributed by atoms with E-state index in [0.29, 0.717) is 16.3 Å². The summed E-state index contributed by atoms with van der Waals surface area (Å²) in [4.78, 5) is 14.5. The second-order valence-corrected chi connectivity index (χ2v) is 6.35. The Labute approximate surface area is 153 Å². The maximum Gasteiger partial charge on any atom is 0.260 e. The summed E-state index contributed by atoms with van der Waals surface area (Å²) in [6.07, 6.45) is -0.625.